The van der Waals surface area contributed by atoms with Crippen molar-refractivity contribution in [3.05, 3.63) is 59.9 Å². The average Bonchev–Trinajstić information content (AvgIpc) is 2.37. The fourth-order valence-electron chi connectivity index (χ4n) is 1.67. The number of hydrogen-bond donors (Lipinski definition) is 2. The Bertz CT molecular complexity index is 471. The van der Waals surface area contributed by atoms with E-state index in [9.17, 15) is 5.11 Å². The van der Waals surface area contributed by atoms with Gasteiger partial charge >= 0.3 is 0 Å². The summed E-state index contributed by atoms with van der Waals surface area (Å²) in [5, 5.41) is 12.7. The van der Waals surface area contributed by atoms with Gasteiger partial charge in [-0.3, -0.25) is 4.98 Å². The molecule has 2 rings (SSSR count). The Hall–Kier alpha value is -1.87. The van der Waals surface area contributed by atoms with Crippen molar-refractivity contribution in [2.75, 3.05) is 0 Å². The fraction of sp³-hybridized carbons (Fsp3) is 0.214. The molecule has 0 unspecified atom stereocenters. The quantitative estimate of drug-likeness (QED) is 0.845. The largest absolute Gasteiger partial charge is 0.508 e. The summed E-state index contributed by atoms with van der Waals surface area (Å²) in [5.41, 5.74) is 2.08. The second kappa shape index (κ2) is 5.46. The number of aromatic hydroxyl groups is 1. The molecule has 0 amide bonds. The van der Waals surface area contributed by atoms with Crippen LogP contribution in [0.1, 0.15) is 24.2 Å². The lowest BCUT2D eigenvalue weighted by Gasteiger charge is -2.13. The summed E-state index contributed by atoms with van der Waals surface area (Å²) in [6.45, 7) is 2.79. The zero-order valence-electron chi connectivity index (χ0n) is 9.80. The first-order valence-electron chi connectivity index (χ1n) is 5.68. The van der Waals surface area contributed by atoms with E-state index < -0.39 is 0 Å². The van der Waals surface area contributed by atoms with Gasteiger partial charge in [0, 0.05) is 18.8 Å². The minimum atomic E-state index is 0.193. The van der Waals surface area contributed by atoms with Gasteiger partial charge in [-0.1, -0.05) is 18.2 Å². The molecule has 0 saturated heterocycles. The van der Waals surface area contributed by atoms with Crippen LogP contribution < -0.4 is 5.32 Å². The zero-order chi connectivity index (χ0) is 12.1. The van der Waals surface area contributed by atoms with Gasteiger partial charge in [-0.05, 0) is 36.8 Å². The number of phenolic OH excluding ortho intramolecular Hbond substituents is 1. The molecule has 0 saturated carbocycles. The summed E-state index contributed by atoms with van der Waals surface area (Å²) in [7, 11) is 0. The maximum Gasteiger partial charge on any atom is 0.115 e. The Labute approximate surface area is 101 Å². The van der Waals surface area contributed by atoms with Crippen LogP contribution in [0.4, 0.5) is 0 Å². The minimum absolute atomic E-state index is 0.193. The van der Waals surface area contributed by atoms with Crippen molar-refractivity contribution in [2.45, 2.75) is 19.5 Å². The molecule has 0 fully saturated rings. The van der Waals surface area contributed by atoms with Gasteiger partial charge in [0.15, 0.2) is 0 Å². The molecule has 3 heteroatoms. The third-order valence-corrected chi connectivity index (χ3v) is 2.65. The summed E-state index contributed by atoms with van der Waals surface area (Å²) < 4.78 is 0. The number of hydrogen-bond acceptors (Lipinski definition) is 3. The number of pyridine rings is 1. The highest BCUT2D eigenvalue weighted by atomic mass is 16.3. The highest BCUT2D eigenvalue weighted by Crippen LogP contribution is 2.13. The second-order valence-electron chi connectivity index (χ2n) is 4.03. The first-order chi connectivity index (χ1) is 8.25. The van der Waals surface area contributed by atoms with Gasteiger partial charge in [0.2, 0.25) is 0 Å². The Kier molecular flexibility index (Phi) is 3.73. The summed E-state index contributed by atoms with van der Waals surface area (Å²) >= 11 is 0. The molecule has 0 radical (unpaired) electrons. The predicted octanol–water partition coefficient (Wildman–Crippen LogP) is 2.64. The first kappa shape index (κ1) is 11.6. The van der Waals surface area contributed by atoms with Crippen LogP contribution in [0.2, 0.25) is 0 Å². The smallest absolute Gasteiger partial charge is 0.115 e. The van der Waals surface area contributed by atoms with E-state index in [1.807, 2.05) is 30.3 Å². The van der Waals surface area contributed by atoms with E-state index in [1.165, 1.54) is 0 Å². The lowest BCUT2D eigenvalue weighted by Crippen LogP contribution is -2.18. The van der Waals surface area contributed by atoms with Crippen molar-refractivity contribution in [3.8, 4) is 5.75 Å². The van der Waals surface area contributed by atoms with Crippen LogP contribution in [0.5, 0.6) is 5.75 Å². The highest BCUT2D eigenvalue weighted by molar-refractivity contribution is 5.27. The van der Waals surface area contributed by atoms with Crippen LogP contribution in [0, 0.1) is 0 Å². The van der Waals surface area contributed by atoms with E-state index in [0.717, 1.165) is 11.3 Å². The van der Waals surface area contributed by atoms with Crippen molar-refractivity contribution in [3.63, 3.8) is 0 Å². The number of nitrogens with zero attached hydrogens (tertiary/aromatic N) is 1. The maximum absolute atomic E-state index is 9.36. The van der Waals surface area contributed by atoms with E-state index in [2.05, 4.69) is 17.2 Å². The predicted molar refractivity (Wildman–Crippen MR) is 67.6 cm³/mol. The average molecular weight is 228 g/mol. The van der Waals surface area contributed by atoms with Crippen LogP contribution in [-0.2, 0) is 6.54 Å². The zero-order valence-corrected chi connectivity index (χ0v) is 9.80. The van der Waals surface area contributed by atoms with E-state index in [0.29, 0.717) is 12.3 Å². The van der Waals surface area contributed by atoms with Crippen molar-refractivity contribution in [1.82, 2.24) is 10.3 Å². The Morgan fingerprint density at radius 2 is 2.12 bits per heavy atom. The molecule has 1 aromatic carbocycles. The molecule has 0 aliphatic heterocycles. The van der Waals surface area contributed by atoms with Gasteiger partial charge in [0.05, 0.1) is 5.69 Å². The summed E-state index contributed by atoms with van der Waals surface area (Å²) in [4.78, 5) is 4.30. The van der Waals surface area contributed by atoms with Gasteiger partial charge in [-0.25, -0.2) is 0 Å². The van der Waals surface area contributed by atoms with Gasteiger partial charge < -0.3 is 10.4 Å². The maximum atomic E-state index is 9.36. The van der Waals surface area contributed by atoms with Crippen molar-refractivity contribution >= 4 is 0 Å². The van der Waals surface area contributed by atoms with E-state index in [1.54, 1.807) is 18.3 Å². The molecule has 2 aromatic rings. The van der Waals surface area contributed by atoms with Crippen LogP contribution >= 0.6 is 0 Å². The molecule has 1 heterocycles. The van der Waals surface area contributed by atoms with Crippen LogP contribution in [0.25, 0.3) is 0 Å². The standard InChI is InChI=1S/C14H16N2O/c1-11(14-7-2-3-8-15-14)16-10-12-5-4-6-13(17)9-12/h2-9,11,16-17H,10H2,1H3/t11-/m1/s1. The Balaban J connectivity index is 1.95. The second-order valence-corrected chi connectivity index (χ2v) is 4.03. The molecule has 0 aliphatic carbocycles. The molecule has 0 spiro atoms. The van der Waals surface area contributed by atoms with Gasteiger partial charge in [-0.2, -0.15) is 0 Å². The Morgan fingerprint density at radius 1 is 1.24 bits per heavy atom. The fourth-order valence-corrected chi connectivity index (χ4v) is 1.67. The molecule has 0 aliphatic rings. The molecule has 88 valence electrons. The van der Waals surface area contributed by atoms with E-state index >= 15 is 0 Å². The molecule has 3 nitrogen and oxygen atoms in total. The molecule has 1 aromatic heterocycles. The van der Waals surface area contributed by atoms with Gasteiger partial charge in [-0.15, -0.1) is 0 Å². The van der Waals surface area contributed by atoms with Crippen LogP contribution in [0.3, 0.4) is 0 Å². The van der Waals surface area contributed by atoms with Crippen molar-refractivity contribution in [2.24, 2.45) is 0 Å². The normalized spacial score (nSPS) is 12.3. The van der Waals surface area contributed by atoms with Crippen molar-refractivity contribution < 1.29 is 5.11 Å². The van der Waals surface area contributed by atoms with E-state index in [-0.39, 0.29) is 6.04 Å². The number of aromatic nitrogens is 1. The number of benzene rings is 1. The third kappa shape index (κ3) is 3.29. The van der Waals surface area contributed by atoms with Crippen LogP contribution in [-0.4, -0.2) is 10.1 Å². The summed E-state index contributed by atoms with van der Waals surface area (Å²) in [6, 6.07) is 13.3. The van der Waals surface area contributed by atoms with Gasteiger partial charge in [0.25, 0.3) is 0 Å². The van der Waals surface area contributed by atoms with Crippen molar-refractivity contribution in [1.29, 1.82) is 0 Å². The first-order valence-corrected chi connectivity index (χ1v) is 5.68. The lowest BCUT2D eigenvalue weighted by molar-refractivity contribution is 0.473. The molecule has 2 N–H and O–H groups in total. The molecule has 17 heavy (non-hydrogen) atoms. The Morgan fingerprint density at radius 3 is 2.82 bits per heavy atom. The topological polar surface area (TPSA) is 45.1 Å². The molecule has 0 bridgehead atoms. The van der Waals surface area contributed by atoms with E-state index in [4.69, 9.17) is 0 Å². The SMILES string of the molecule is C[C@@H](NCc1cccc(O)c1)c1ccccn1. The molecule has 1 atom stereocenters. The number of nitrogens with one attached hydrogen (secondary N) is 1. The number of phenols is 1. The highest BCUT2D eigenvalue weighted by Gasteiger charge is 2.05. The van der Waals surface area contributed by atoms with Crippen LogP contribution in [0.15, 0.2) is 48.7 Å². The molecular formula is C14H16N2O. The minimum Gasteiger partial charge on any atom is -0.508 e. The monoisotopic (exact) mass is 228 g/mol. The summed E-state index contributed by atoms with van der Waals surface area (Å²) in [6.07, 6.45) is 1.79. The van der Waals surface area contributed by atoms with Gasteiger partial charge in [0.1, 0.15) is 5.75 Å². The molecular weight excluding hydrogens is 212 g/mol. The summed E-state index contributed by atoms with van der Waals surface area (Å²) in [5.74, 6) is 0.301. The lowest BCUT2D eigenvalue weighted by atomic mass is 10.1. The third-order valence-electron chi connectivity index (χ3n) is 2.65. The number of rotatable bonds is 4.